The van der Waals surface area contributed by atoms with E-state index in [2.05, 4.69) is 41.4 Å². The van der Waals surface area contributed by atoms with Gasteiger partial charge in [0.15, 0.2) is 10.3 Å². The Balaban J connectivity index is 1.12. The van der Waals surface area contributed by atoms with Gasteiger partial charge in [-0.2, -0.15) is 0 Å². The second-order valence-electron chi connectivity index (χ2n) is 5.27. The summed E-state index contributed by atoms with van der Waals surface area (Å²) in [5, 5.41) is 4.18. The van der Waals surface area contributed by atoms with Gasteiger partial charge < -0.3 is 9.80 Å². The Morgan fingerprint density at radius 1 is 0.800 bits per heavy atom. The van der Waals surface area contributed by atoms with Crippen molar-refractivity contribution in [1.82, 2.24) is 9.80 Å². The van der Waals surface area contributed by atoms with Gasteiger partial charge in [0.2, 0.25) is 0 Å². The zero-order valence-electron chi connectivity index (χ0n) is 11.2. The molecule has 0 aromatic rings. The van der Waals surface area contributed by atoms with E-state index in [0.717, 1.165) is 23.6 Å². The minimum atomic E-state index is 0.802. The molecule has 0 aliphatic carbocycles. The number of nitrogens with zero attached hydrogens (tertiary/aromatic N) is 4. The van der Waals surface area contributed by atoms with E-state index in [9.17, 15) is 0 Å². The minimum absolute atomic E-state index is 0.802. The maximum Gasteiger partial charge on any atom is 0.159 e. The fourth-order valence-electron chi connectivity index (χ4n) is 2.50. The molecule has 0 spiro atoms. The molecule has 4 aliphatic rings. The van der Waals surface area contributed by atoms with Crippen LogP contribution >= 0.6 is 45.1 Å². The number of aliphatic imine (C=N–C) groups is 2. The van der Waals surface area contributed by atoms with Crippen LogP contribution in [0.1, 0.15) is 0 Å². The molecule has 4 aliphatic heterocycles. The highest BCUT2D eigenvalue weighted by Gasteiger charge is 2.35. The molecule has 2 fully saturated rings. The summed E-state index contributed by atoms with van der Waals surface area (Å²) in [7, 11) is 4.18. The summed E-state index contributed by atoms with van der Waals surface area (Å²) in [6.45, 7) is 6.82. The lowest BCUT2D eigenvalue weighted by molar-refractivity contribution is 0.316. The molecule has 4 heterocycles. The quantitative estimate of drug-likeness (QED) is 0.726. The minimum Gasteiger partial charge on any atom is -0.349 e. The number of rotatable bonds is 3. The fourth-order valence-corrected chi connectivity index (χ4v) is 7.21. The Bertz CT molecular complexity index is 389. The Labute approximate surface area is 136 Å². The first-order valence-corrected chi connectivity index (χ1v) is 11.3. The molecular weight excluding hydrogens is 328 g/mol. The molecule has 8 heteroatoms. The lowest BCUT2D eigenvalue weighted by Crippen LogP contribution is -2.52. The van der Waals surface area contributed by atoms with E-state index in [1.54, 1.807) is 0 Å². The zero-order chi connectivity index (χ0) is 13.4. The predicted molar refractivity (Wildman–Crippen MR) is 95.4 cm³/mol. The van der Waals surface area contributed by atoms with Crippen LogP contribution in [0.5, 0.6) is 0 Å². The van der Waals surface area contributed by atoms with Gasteiger partial charge >= 0.3 is 0 Å². The first-order chi connectivity index (χ1) is 9.88. The Morgan fingerprint density at radius 2 is 1.25 bits per heavy atom. The highest BCUT2D eigenvalue weighted by atomic mass is 33.1. The van der Waals surface area contributed by atoms with Crippen LogP contribution in [0, 0.1) is 0 Å². The normalized spacial score (nSPS) is 27.4. The van der Waals surface area contributed by atoms with Gasteiger partial charge in [0.25, 0.3) is 0 Å². The average molecular weight is 347 g/mol. The van der Waals surface area contributed by atoms with Gasteiger partial charge in [-0.25, -0.2) is 0 Å². The van der Waals surface area contributed by atoms with E-state index in [-0.39, 0.29) is 0 Å². The maximum atomic E-state index is 4.54. The largest absolute Gasteiger partial charge is 0.349 e. The molecular formula is C12H18N4S4. The van der Waals surface area contributed by atoms with Crippen LogP contribution in [-0.2, 0) is 0 Å². The van der Waals surface area contributed by atoms with E-state index in [1.165, 1.54) is 48.0 Å². The number of thioether (sulfide) groups is 2. The molecule has 0 N–H and O–H groups in total. The van der Waals surface area contributed by atoms with Crippen molar-refractivity contribution in [1.29, 1.82) is 0 Å². The molecule has 110 valence electrons. The summed E-state index contributed by atoms with van der Waals surface area (Å²) in [6.07, 6.45) is 0. The molecule has 0 bridgehead atoms. The maximum absolute atomic E-state index is 4.54. The summed E-state index contributed by atoms with van der Waals surface area (Å²) in [5.74, 6) is 2.36. The average Bonchev–Trinajstić information content (AvgIpc) is 3.01. The lowest BCUT2D eigenvalue weighted by atomic mass is 10.2. The summed E-state index contributed by atoms with van der Waals surface area (Å²) in [4.78, 5) is 13.9. The van der Waals surface area contributed by atoms with E-state index in [1.807, 2.05) is 23.5 Å². The van der Waals surface area contributed by atoms with Crippen LogP contribution in [0.4, 0.5) is 0 Å². The molecule has 0 unspecified atom stereocenters. The van der Waals surface area contributed by atoms with Crippen LogP contribution in [0.15, 0.2) is 9.98 Å². The van der Waals surface area contributed by atoms with Crippen LogP contribution in [0.25, 0.3) is 0 Å². The molecule has 20 heavy (non-hydrogen) atoms. The third-order valence-electron chi connectivity index (χ3n) is 3.70. The Kier molecular flexibility index (Phi) is 4.34. The zero-order valence-corrected chi connectivity index (χ0v) is 14.5. The Morgan fingerprint density at radius 3 is 1.60 bits per heavy atom. The summed E-state index contributed by atoms with van der Waals surface area (Å²) in [6, 6.07) is 0. The molecule has 0 radical (unpaired) electrons. The molecule has 0 atom stereocenters. The lowest BCUT2D eigenvalue weighted by Gasteiger charge is -2.43. The molecule has 0 aromatic heterocycles. The second-order valence-corrected chi connectivity index (χ2v) is 10.3. The molecule has 0 aromatic carbocycles. The molecule has 0 saturated carbocycles. The van der Waals surface area contributed by atoms with Crippen molar-refractivity contribution in [2.24, 2.45) is 9.98 Å². The van der Waals surface area contributed by atoms with Gasteiger partial charge in [0, 0.05) is 37.7 Å². The topological polar surface area (TPSA) is 31.2 Å². The molecule has 4 nitrogen and oxygen atoms in total. The van der Waals surface area contributed by atoms with Gasteiger partial charge in [-0.3, -0.25) is 9.98 Å². The van der Waals surface area contributed by atoms with Crippen LogP contribution in [0.2, 0.25) is 0 Å². The number of amidine groups is 2. The molecule has 4 rings (SSSR count). The monoisotopic (exact) mass is 346 g/mol. The second kappa shape index (κ2) is 6.22. The van der Waals surface area contributed by atoms with Gasteiger partial charge in [-0.15, -0.1) is 0 Å². The third kappa shape index (κ3) is 2.94. The molecule has 2 saturated heterocycles. The fraction of sp³-hybridized carbons (Fsp3) is 0.833. The highest BCUT2D eigenvalue weighted by molar-refractivity contribution is 8.77. The number of hydrogen-bond donors (Lipinski definition) is 0. The Hall–Kier alpha value is 0.340. The van der Waals surface area contributed by atoms with E-state index < -0.39 is 0 Å². The predicted octanol–water partition coefficient (Wildman–Crippen LogP) is 1.94. The molecule has 0 amide bonds. The van der Waals surface area contributed by atoms with Crippen LogP contribution in [-0.4, -0.2) is 81.4 Å². The first-order valence-electron chi connectivity index (χ1n) is 7.05. The number of hydrogen-bond acceptors (Lipinski definition) is 8. The number of likely N-dealkylation sites (tertiary alicyclic amines) is 2. The standard InChI is InChI=1S/C12H18N4S4/c1-3-17-11(13-1)15-5-9(6-15)19-20-10-7-16(8-10)12-14-2-4-18-12/h9-10H,1-8H2. The van der Waals surface area contributed by atoms with Crippen molar-refractivity contribution in [3.8, 4) is 0 Å². The summed E-state index contributed by atoms with van der Waals surface area (Å²) >= 11 is 3.84. The SMILES string of the molecule is C1CSC(N2CC(SSC3CN(C4=NCCS4)C3)C2)=N1. The van der Waals surface area contributed by atoms with Crippen LogP contribution in [0.3, 0.4) is 0 Å². The van der Waals surface area contributed by atoms with Gasteiger partial charge in [-0.1, -0.05) is 45.1 Å². The van der Waals surface area contributed by atoms with Crippen molar-refractivity contribution in [2.75, 3.05) is 50.8 Å². The highest BCUT2D eigenvalue weighted by Crippen LogP contribution is 2.40. The summed E-state index contributed by atoms with van der Waals surface area (Å²) in [5.41, 5.74) is 0. The van der Waals surface area contributed by atoms with Crippen molar-refractivity contribution in [3.05, 3.63) is 0 Å². The van der Waals surface area contributed by atoms with E-state index >= 15 is 0 Å². The van der Waals surface area contributed by atoms with E-state index in [4.69, 9.17) is 0 Å². The van der Waals surface area contributed by atoms with E-state index in [0.29, 0.717) is 0 Å². The van der Waals surface area contributed by atoms with Gasteiger partial charge in [-0.05, 0) is 0 Å². The third-order valence-corrected chi connectivity index (χ3v) is 8.99. The van der Waals surface area contributed by atoms with Crippen molar-refractivity contribution >= 4 is 55.4 Å². The van der Waals surface area contributed by atoms with Crippen molar-refractivity contribution in [3.63, 3.8) is 0 Å². The van der Waals surface area contributed by atoms with Gasteiger partial charge in [0.05, 0.1) is 23.6 Å². The first kappa shape index (κ1) is 14.0. The van der Waals surface area contributed by atoms with Gasteiger partial charge in [0.1, 0.15) is 0 Å². The smallest absolute Gasteiger partial charge is 0.159 e. The van der Waals surface area contributed by atoms with Crippen LogP contribution < -0.4 is 0 Å². The summed E-state index contributed by atoms with van der Waals surface area (Å²) < 4.78 is 0. The van der Waals surface area contributed by atoms with Crippen molar-refractivity contribution < 1.29 is 0 Å². The van der Waals surface area contributed by atoms with Crippen molar-refractivity contribution in [2.45, 2.75) is 10.5 Å².